The Morgan fingerprint density at radius 2 is 1.35 bits per heavy atom. The van der Waals surface area contributed by atoms with Crippen molar-refractivity contribution in [3.8, 4) is 0 Å². The monoisotopic (exact) mass is 296 g/mol. The third-order valence-corrected chi connectivity index (χ3v) is 4.96. The van der Waals surface area contributed by atoms with Gasteiger partial charge in [0.25, 0.3) is 0 Å². The molecule has 23 heavy (non-hydrogen) atoms. The Labute approximate surface area is 138 Å². The first-order chi connectivity index (χ1) is 11.3. The maximum Gasteiger partial charge on any atom is 0.0221 e. The Kier molecular flexibility index (Phi) is 3.38. The van der Waals surface area contributed by atoms with Crippen molar-refractivity contribution >= 4 is 11.6 Å². The number of benzene rings is 3. The van der Waals surface area contributed by atoms with Gasteiger partial charge in [-0.25, -0.2) is 0 Å². The van der Waals surface area contributed by atoms with Crippen LogP contribution in [0.15, 0.2) is 84.9 Å². The summed E-state index contributed by atoms with van der Waals surface area (Å²) in [5.41, 5.74) is 6.98. The zero-order valence-corrected chi connectivity index (χ0v) is 13.4. The molecular formula is C23H20. The fourth-order valence-corrected chi connectivity index (χ4v) is 3.76. The predicted octanol–water partition coefficient (Wildman–Crippen LogP) is 5.94. The highest BCUT2D eigenvalue weighted by molar-refractivity contribution is 5.88. The van der Waals surface area contributed by atoms with Gasteiger partial charge in [0.05, 0.1) is 0 Å². The van der Waals surface area contributed by atoms with Crippen molar-refractivity contribution < 1.29 is 0 Å². The Bertz CT molecular complexity index is 843. The van der Waals surface area contributed by atoms with Gasteiger partial charge in [0.1, 0.15) is 0 Å². The highest BCUT2D eigenvalue weighted by Crippen LogP contribution is 2.49. The van der Waals surface area contributed by atoms with E-state index < -0.39 is 0 Å². The van der Waals surface area contributed by atoms with Gasteiger partial charge in [0.15, 0.2) is 0 Å². The summed E-state index contributed by atoms with van der Waals surface area (Å²) in [5.74, 6) is 0. The molecule has 0 N–H and O–H groups in total. The molecule has 1 unspecified atom stereocenters. The van der Waals surface area contributed by atoms with E-state index >= 15 is 0 Å². The van der Waals surface area contributed by atoms with Crippen LogP contribution >= 0.6 is 0 Å². The van der Waals surface area contributed by atoms with E-state index in [1.54, 1.807) is 0 Å². The summed E-state index contributed by atoms with van der Waals surface area (Å²) in [6, 6.07) is 30.4. The largest absolute Gasteiger partial charge is 0.0622 e. The molecule has 0 aliphatic heterocycles. The fourth-order valence-electron chi connectivity index (χ4n) is 3.76. The summed E-state index contributed by atoms with van der Waals surface area (Å²) in [4.78, 5) is 0. The van der Waals surface area contributed by atoms with E-state index in [-0.39, 0.29) is 5.41 Å². The minimum Gasteiger partial charge on any atom is -0.0622 e. The zero-order valence-electron chi connectivity index (χ0n) is 13.4. The molecule has 0 heterocycles. The Morgan fingerprint density at radius 1 is 0.739 bits per heavy atom. The highest BCUT2D eigenvalue weighted by Gasteiger charge is 2.38. The molecule has 0 bridgehead atoms. The molecule has 0 spiro atoms. The first-order valence-electron chi connectivity index (χ1n) is 8.18. The molecule has 0 fully saturated rings. The Morgan fingerprint density at radius 3 is 2.09 bits per heavy atom. The highest BCUT2D eigenvalue weighted by atomic mass is 14.4. The van der Waals surface area contributed by atoms with Crippen LogP contribution in [0, 0.1) is 0 Å². The maximum absolute atomic E-state index is 2.37. The number of rotatable bonds is 2. The number of fused-ring (bicyclic) bond motifs is 1. The Balaban J connectivity index is 1.86. The second-order valence-corrected chi connectivity index (χ2v) is 6.50. The van der Waals surface area contributed by atoms with Gasteiger partial charge in [-0.2, -0.15) is 0 Å². The van der Waals surface area contributed by atoms with Gasteiger partial charge in [-0.15, -0.1) is 0 Å². The topological polar surface area (TPSA) is 0 Å². The molecule has 0 saturated carbocycles. The van der Waals surface area contributed by atoms with Crippen LogP contribution in [0.4, 0.5) is 0 Å². The number of hydrogen-bond donors (Lipinski definition) is 0. The predicted molar refractivity (Wildman–Crippen MR) is 98.3 cm³/mol. The summed E-state index contributed by atoms with van der Waals surface area (Å²) >= 11 is 0. The van der Waals surface area contributed by atoms with Crippen molar-refractivity contribution in [1.82, 2.24) is 0 Å². The van der Waals surface area contributed by atoms with E-state index in [1.807, 2.05) is 0 Å². The van der Waals surface area contributed by atoms with E-state index in [0.717, 1.165) is 6.42 Å². The third-order valence-electron chi connectivity index (χ3n) is 4.96. The van der Waals surface area contributed by atoms with Crippen LogP contribution in [-0.2, 0) is 5.41 Å². The average Bonchev–Trinajstić information content (AvgIpc) is 2.91. The molecule has 0 aromatic heterocycles. The number of allylic oxidation sites excluding steroid dienone is 1. The quantitative estimate of drug-likeness (QED) is 0.549. The van der Waals surface area contributed by atoms with E-state index in [1.165, 1.54) is 27.8 Å². The molecule has 0 nitrogen and oxygen atoms in total. The minimum atomic E-state index is 0.0540. The first-order valence-corrected chi connectivity index (χ1v) is 8.18. The van der Waals surface area contributed by atoms with Crippen LogP contribution in [0.5, 0.6) is 0 Å². The van der Waals surface area contributed by atoms with Gasteiger partial charge in [-0.1, -0.05) is 97.9 Å². The van der Waals surface area contributed by atoms with Crippen LogP contribution in [-0.4, -0.2) is 0 Å². The molecule has 4 rings (SSSR count). The molecule has 0 heteroatoms. The van der Waals surface area contributed by atoms with E-state index in [4.69, 9.17) is 0 Å². The van der Waals surface area contributed by atoms with Crippen molar-refractivity contribution in [3.63, 3.8) is 0 Å². The van der Waals surface area contributed by atoms with Gasteiger partial charge < -0.3 is 0 Å². The molecule has 1 aliphatic carbocycles. The lowest BCUT2D eigenvalue weighted by Crippen LogP contribution is -2.19. The van der Waals surface area contributed by atoms with Gasteiger partial charge in [0.2, 0.25) is 0 Å². The second-order valence-electron chi connectivity index (χ2n) is 6.50. The molecule has 3 aromatic rings. The maximum atomic E-state index is 2.37. The molecule has 1 atom stereocenters. The van der Waals surface area contributed by atoms with E-state index in [2.05, 4.69) is 97.9 Å². The molecule has 0 radical (unpaired) electrons. The molecule has 1 aliphatic rings. The molecule has 112 valence electrons. The van der Waals surface area contributed by atoms with Crippen LogP contribution < -0.4 is 0 Å². The van der Waals surface area contributed by atoms with Crippen molar-refractivity contribution in [2.24, 2.45) is 0 Å². The average molecular weight is 296 g/mol. The van der Waals surface area contributed by atoms with Gasteiger partial charge in [0, 0.05) is 5.41 Å². The summed E-state index contributed by atoms with van der Waals surface area (Å²) in [5, 5.41) is 0. The van der Waals surface area contributed by atoms with Crippen molar-refractivity contribution in [3.05, 3.63) is 107 Å². The van der Waals surface area contributed by atoms with Crippen LogP contribution in [0.25, 0.3) is 11.6 Å². The zero-order chi connectivity index (χ0) is 15.7. The lowest BCUT2D eigenvalue weighted by Gasteiger charge is -2.26. The molecule has 3 aromatic carbocycles. The minimum absolute atomic E-state index is 0.0540. The normalized spacial score (nSPS) is 21.3. The lowest BCUT2D eigenvalue weighted by atomic mass is 9.77. The van der Waals surface area contributed by atoms with Gasteiger partial charge in [-0.3, -0.25) is 0 Å². The van der Waals surface area contributed by atoms with Crippen molar-refractivity contribution in [2.75, 3.05) is 0 Å². The van der Waals surface area contributed by atoms with Crippen LogP contribution in [0.1, 0.15) is 35.6 Å². The third kappa shape index (κ3) is 2.41. The van der Waals surface area contributed by atoms with Gasteiger partial charge in [-0.05, 0) is 34.2 Å². The van der Waals surface area contributed by atoms with E-state index in [9.17, 15) is 0 Å². The van der Waals surface area contributed by atoms with Crippen LogP contribution in [0.3, 0.4) is 0 Å². The van der Waals surface area contributed by atoms with Crippen molar-refractivity contribution in [1.29, 1.82) is 0 Å². The standard InChI is InChI=1S/C23H20/c1-23(20-12-6-3-7-13-20)17-19(16-18-10-4-2-5-11-18)21-14-8-9-15-22(21)23/h2-16H,17H2,1H3/b19-16+. The second kappa shape index (κ2) is 5.55. The first kappa shape index (κ1) is 14.0. The SMILES string of the molecule is CC1(c2ccccc2)C/C(=C\c2ccccc2)c2ccccc21. The van der Waals surface area contributed by atoms with Gasteiger partial charge >= 0.3 is 0 Å². The molecule has 0 saturated heterocycles. The van der Waals surface area contributed by atoms with Crippen molar-refractivity contribution in [2.45, 2.75) is 18.8 Å². The summed E-state index contributed by atoms with van der Waals surface area (Å²) < 4.78 is 0. The Hall–Kier alpha value is -2.60. The van der Waals surface area contributed by atoms with Crippen LogP contribution in [0.2, 0.25) is 0 Å². The molecule has 0 amide bonds. The fraction of sp³-hybridized carbons (Fsp3) is 0.130. The summed E-state index contributed by atoms with van der Waals surface area (Å²) in [7, 11) is 0. The summed E-state index contributed by atoms with van der Waals surface area (Å²) in [6.45, 7) is 2.37. The lowest BCUT2D eigenvalue weighted by molar-refractivity contribution is 0.612. The van der Waals surface area contributed by atoms with E-state index in [0.29, 0.717) is 0 Å². The smallest absolute Gasteiger partial charge is 0.0221 e. The number of hydrogen-bond acceptors (Lipinski definition) is 0. The molecular weight excluding hydrogens is 276 g/mol. The summed E-state index contributed by atoms with van der Waals surface area (Å²) in [6.07, 6.45) is 3.39.